The highest BCUT2D eigenvalue weighted by molar-refractivity contribution is 6.11. The van der Waals surface area contributed by atoms with Gasteiger partial charge in [0.25, 0.3) is 0 Å². The lowest BCUT2D eigenvalue weighted by molar-refractivity contribution is -0.230. The summed E-state index contributed by atoms with van der Waals surface area (Å²) in [7, 11) is 0. The summed E-state index contributed by atoms with van der Waals surface area (Å²) in [6.45, 7) is 3.07. The molecule has 0 aromatic rings. The van der Waals surface area contributed by atoms with Crippen LogP contribution >= 0.6 is 0 Å². The highest BCUT2D eigenvalue weighted by atomic mass is 19.4. The lowest BCUT2D eigenvalue weighted by Gasteiger charge is -2.33. The quantitative estimate of drug-likeness (QED) is 0.586. The maximum absolute atomic E-state index is 13.1. The standard InChI is InChI=1S/C12H15F3O4/c1-3-18-8-5-6-11(9(16)7-8,12(13,14)15)10(17)19-4-2/h7H,3-6H2,1-2H3/t11-/m0/s1. The molecule has 0 N–H and O–H groups in total. The van der Waals surface area contributed by atoms with Gasteiger partial charge in [-0.1, -0.05) is 0 Å². The van der Waals surface area contributed by atoms with E-state index < -0.39 is 29.8 Å². The number of ether oxygens (including phenoxy) is 2. The fourth-order valence-electron chi connectivity index (χ4n) is 1.93. The van der Waals surface area contributed by atoms with Gasteiger partial charge in [0.05, 0.1) is 19.0 Å². The molecule has 0 unspecified atom stereocenters. The molecule has 0 amide bonds. The molecule has 1 rings (SSSR count). The summed E-state index contributed by atoms with van der Waals surface area (Å²) in [4.78, 5) is 23.4. The van der Waals surface area contributed by atoms with Crippen LogP contribution in [0.4, 0.5) is 13.2 Å². The number of halogens is 3. The number of esters is 1. The summed E-state index contributed by atoms with van der Waals surface area (Å²) in [6.07, 6.45) is -5.04. The summed E-state index contributed by atoms with van der Waals surface area (Å²) in [5, 5.41) is 0. The van der Waals surface area contributed by atoms with E-state index in [1.165, 1.54) is 6.92 Å². The largest absolute Gasteiger partial charge is 0.498 e. The lowest BCUT2D eigenvalue weighted by Crippen LogP contribution is -2.53. The van der Waals surface area contributed by atoms with Crippen molar-refractivity contribution in [3.63, 3.8) is 0 Å². The molecule has 19 heavy (non-hydrogen) atoms. The number of alkyl halides is 3. The van der Waals surface area contributed by atoms with Crippen LogP contribution in [0.5, 0.6) is 0 Å². The Bertz CT molecular complexity index is 400. The van der Waals surface area contributed by atoms with E-state index in [-0.39, 0.29) is 25.4 Å². The lowest BCUT2D eigenvalue weighted by atomic mass is 9.74. The SMILES string of the molecule is CCOC(=O)[C@]1(C(F)(F)F)CCC(OCC)=CC1=O. The molecule has 0 radical (unpaired) electrons. The molecule has 0 saturated heterocycles. The minimum Gasteiger partial charge on any atom is -0.498 e. The van der Waals surface area contributed by atoms with Crippen LogP contribution in [0.2, 0.25) is 0 Å². The zero-order chi connectivity index (χ0) is 14.7. The number of carbonyl (C=O) groups excluding carboxylic acids is 2. The molecule has 0 fully saturated rings. The average molecular weight is 280 g/mol. The zero-order valence-corrected chi connectivity index (χ0v) is 10.7. The van der Waals surface area contributed by atoms with E-state index in [1.54, 1.807) is 6.92 Å². The number of hydrogen-bond acceptors (Lipinski definition) is 4. The molecule has 0 aromatic heterocycles. The molecule has 0 spiro atoms. The van der Waals surface area contributed by atoms with Gasteiger partial charge in [-0.05, 0) is 20.3 Å². The molecule has 0 heterocycles. The first-order valence-electron chi connectivity index (χ1n) is 5.91. The highest BCUT2D eigenvalue weighted by Gasteiger charge is 2.66. The van der Waals surface area contributed by atoms with Gasteiger partial charge in [0.2, 0.25) is 5.41 Å². The van der Waals surface area contributed by atoms with Crippen molar-refractivity contribution in [2.75, 3.05) is 13.2 Å². The number of carbonyl (C=O) groups is 2. The maximum atomic E-state index is 13.1. The van der Waals surface area contributed by atoms with Crippen LogP contribution in [0.1, 0.15) is 26.7 Å². The van der Waals surface area contributed by atoms with E-state index in [1.807, 2.05) is 0 Å². The second-order valence-corrected chi connectivity index (χ2v) is 4.03. The van der Waals surface area contributed by atoms with Crippen molar-refractivity contribution in [2.24, 2.45) is 5.41 Å². The van der Waals surface area contributed by atoms with Crippen LogP contribution in [0.25, 0.3) is 0 Å². The molecule has 1 aliphatic rings. The van der Waals surface area contributed by atoms with Gasteiger partial charge >= 0.3 is 12.1 Å². The Morgan fingerprint density at radius 1 is 1.37 bits per heavy atom. The summed E-state index contributed by atoms with van der Waals surface area (Å²) in [5.41, 5.74) is -3.09. The molecule has 7 heteroatoms. The van der Waals surface area contributed by atoms with Crippen molar-refractivity contribution in [1.82, 2.24) is 0 Å². The first kappa shape index (κ1) is 15.5. The topological polar surface area (TPSA) is 52.6 Å². The number of allylic oxidation sites excluding steroid dienone is 2. The van der Waals surface area contributed by atoms with Gasteiger partial charge in [0, 0.05) is 12.5 Å². The molecule has 0 bridgehead atoms. The molecular formula is C12H15F3O4. The van der Waals surface area contributed by atoms with Gasteiger partial charge in [-0.3, -0.25) is 9.59 Å². The van der Waals surface area contributed by atoms with E-state index in [0.717, 1.165) is 6.08 Å². The van der Waals surface area contributed by atoms with Crippen LogP contribution in [-0.4, -0.2) is 31.1 Å². The molecule has 0 aromatic carbocycles. The van der Waals surface area contributed by atoms with Gasteiger partial charge in [-0.25, -0.2) is 0 Å². The molecule has 0 aliphatic heterocycles. The molecule has 4 nitrogen and oxygen atoms in total. The Kier molecular flexibility index (Phi) is 4.60. The third-order valence-electron chi connectivity index (χ3n) is 2.90. The van der Waals surface area contributed by atoms with Crippen molar-refractivity contribution in [3.05, 3.63) is 11.8 Å². The molecule has 1 aliphatic carbocycles. The fraction of sp³-hybridized carbons (Fsp3) is 0.667. The number of hydrogen-bond donors (Lipinski definition) is 0. The molecule has 0 saturated carbocycles. The monoisotopic (exact) mass is 280 g/mol. The Labute approximate surface area is 108 Å². The Balaban J connectivity index is 3.15. The first-order valence-corrected chi connectivity index (χ1v) is 5.91. The van der Waals surface area contributed by atoms with E-state index >= 15 is 0 Å². The van der Waals surface area contributed by atoms with Crippen LogP contribution in [0.15, 0.2) is 11.8 Å². The zero-order valence-electron chi connectivity index (χ0n) is 10.7. The van der Waals surface area contributed by atoms with E-state index in [2.05, 4.69) is 4.74 Å². The number of ketones is 1. The second kappa shape index (κ2) is 5.63. The Morgan fingerprint density at radius 2 is 2.00 bits per heavy atom. The van der Waals surface area contributed by atoms with Crippen molar-refractivity contribution < 1.29 is 32.2 Å². The van der Waals surface area contributed by atoms with E-state index in [0.29, 0.717) is 0 Å². The average Bonchev–Trinajstić information content (AvgIpc) is 2.28. The van der Waals surface area contributed by atoms with E-state index in [4.69, 9.17) is 4.74 Å². The third kappa shape index (κ3) is 2.74. The van der Waals surface area contributed by atoms with Crippen LogP contribution in [0.3, 0.4) is 0 Å². The van der Waals surface area contributed by atoms with Gasteiger partial charge in [-0.2, -0.15) is 13.2 Å². The smallest absolute Gasteiger partial charge is 0.412 e. The first-order chi connectivity index (χ1) is 8.79. The summed E-state index contributed by atoms with van der Waals surface area (Å²) >= 11 is 0. The second-order valence-electron chi connectivity index (χ2n) is 4.03. The van der Waals surface area contributed by atoms with E-state index in [9.17, 15) is 22.8 Å². The number of rotatable bonds is 4. The van der Waals surface area contributed by atoms with Crippen molar-refractivity contribution in [1.29, 1.82) is 0 Å². The Morgan fingerprint density at radius 3 is 2.42 bits per heavy atom. The van der Waals surface area contributed by atoms with Crippen molar-refractivity contribution in [2.45, 2.75) is 32.9 Å². The predicted octanol–water partition coefficient (Wildman–Crippen LogP) is 2.38. The van der Waals surface area contributed by atoms with Gasteiger partial charge in [0.1, 0.15) is 0 Å². The van der Waals surface area contributed by atoms with Gasteiger partial charge in [0.15, 0.2) is 5.78 Å². The van der Waals surface area contributed by atoms with Crippen molar-refractivity contribution >= 4 is 11.8 Å². The highest BCUT2D eigenvalue weighted by Crippen LogP contribution is 2.47. The Hall–Kier alpha value is -1.53. The molecular weight excluding hydrogens is 265 g/mol. The fourth-order valence-corrected chi connectivity index (χ4v) is 1.93. The van der Waals surface area contributed by atoms with Crippen LogP contribution in [-0.2, 0) is 19.1 Å². The van der Waals surface area contributed by atoms with Gasteiger partial charge < -0.3 is 9.47 Å². The maximum Gasteiger partial charge on any atom is 0.412 e. The molecule has 1 atom stereocenters. The summed E-state index contributed by atoms with van der Waals surface area (Å²) in [5.74, 6) is -2.70. The van der Waals surface area contributed by atoms with Crippen LogP contribution < -0.4 is 0 Å². The van der Waals surface area contributed by atoms with Crippen molar-refractivity contribution in [3.8, 4) is 0 Å². The normalized spacial score (nSPS) is 23.8. The summed E-state index contributed by atoms with van der Waals surface area (Å²) in [6, 6.07) is 0. The van der Waals surface area contributed by atoms with Gasteiger partial charge in [-0.15, -0.1) is 0 Å². The minimum atomic E-state index is -4.98. The summed E-state index contributed by atoms with van der Waals surface area (Å²) < 4.78 is 48.9. The predicted molar refractivity (Wildman–Crippen MR) is 59.1 cm³/mol. The molecule has 108 valence electrons. The third-order valence-corrected chi connectivity index (χ3v) is 2.90. The minimum absolute atomic E-state index is 0.127. The van der Waals surface area contributed by atoms with Crippen LogP contribution in [0, 0.1) is 5.41 Å².